The first-order valence-electron chi connectivity index (χ1n) is 14.7. The van der Waals surface area contributed by atoms with Crippen molar-refractivity contribution in [3.05, 3.63) is 156 Å². The summed E-state index contributed by atoms with van der Waals surface area (Å²) in [6, 6.07) is 44.0. The molecule has 0 spiro atoms. The van der Waals surface area contributed by atoms with Gasteiger partial charge >= 0.3 is 0 Å². The van der Waals surface area contributed by atoms with Gasteiger partial charge < -0.3 is 0 Å². The highest BCUT2D eigenvalue weighted by Crippen LogP contribution is 2.29. The van der Waals surface area contributed by atoms with Gasteiger partial charge in [-0.05, 0) is 70.8 Å². The molecule has 0 aliphatic heterocycles. The summed E-state index contributed by atoms with van der Waals surface area (Å²) in [6.07, 6.45) is 8.25. The third kappa shape index (κ3) is 7.41. The Morgan fingerprint density at radius 3 is 1.04 bits per heavy atom. The SMILES string of the molecule is NN(N)c1ccc(/C=C/c2cc(-c3ccccc3)nc(-c3cc(/C=C/c4ccc(N(N)N)cc4)cc(-c4ccccc4)n3)c2)cc1. The maximum atomic E-state index is 5.66. The number of nitrogens with two attached hydrogens (primary N) is 4. The lowest BCUT2D eigenvalue weighted by molar-refractivity contribution is 0.925. The summed E-state index contributed by atoms with van der Waals surface area (Å²) >= 11 is 0. The average molecular weight is 603 g/mol. The van der Waals surface area contributed by atoms with Crippen LogP contribution in [0.4, 0.5) is 11.4 Å². The van der Waals surface area contributed by atoms with Gasteiger partial charge in [-0.25, -0.2) is 43.6 Å². The third-order valence-electron chi connectivity index (χ3n) is 7.42. The van der Waals surface area contributed by atoms with Crippen LogP contribution in [0.25, 0.3) is 58.2 Å². The zero-order chi connectivity index (χ0) is 31.9. The molecule has 46 heavy (non-hydrogen) atoms. The summed E-state index contributed by atoms with van der Waals surface area (Å²) in [6.45, 7) is 0. The van der Waals surface area contributed by atoms with E-state index in [1.807, 2.05) is 84.9 Å². The lowest BCUT2D eigenvalue weighted by Crippen LogP contribution is -2.37. The van der Waals surface area contributed by atoms with Crippen molar-refractivity contribution >= 4 is 35.7 Å². The van der Waals surface area contributed by atoms with Gasteiger partial charge in [0.05, 0.1) is 34.2 Å². The van der Waals surface area contributed by atoms with E-state index in [9.17, 15) is 0 Å². The molecule has 6 rings (SSSR count). The van der Waals surface area contributed by atoms with E-state index in [2.05, 4.69) is 72.8 Å². The summed E-state index contributed by atoms with van der Waals surface area (Å²) in [7, 11) is 0. The van der Waals surface area contributed by atoms with Crippen LogP contribution < -0.4 is 33.6 Å². The predicted molar refractivity (Wildman–Crippen MR) is 191 cm³/mol. The van der Waals surface area contributed by atoms with Crippen molar-refractivity contribution in [2.75, 3.05) is 10.2 Å². The normalized spacial score (nSPS) is 11.3. The maximum absolute atomic E-state index is 5.66. The number of pyridine rings is 2. The van der Waals surface area contributed by atoms with Crippen molar-refractivity contribution in [3.8, 4) is 33.9 Å². The first-order chi connectivity index (χ1) is 22.4. The van der Waals surface area contributed by atoms with Crippen LogP contribution in [0.15, 0.2) is 133 Å². The van der Waals surface area contributed by atoms with E-state index in [4.69, 9.17) is 33.3 Å². The highest BCUT2D eigenvalue weighted by Gasteiger charge is 2.11. The quantitative estimate of drug-likeness (QED) is 0.103. The molecule has 8 nitrogen and oxygen atoms in total. The van der Waals surface area contributed by atoms with Crippen molar-refractivity contribution < 1.29 is 0 Å². The molecule has 2 heterocycles. The number of hydrogen-bond donors (Lipinski definition) is 4. The number of rotatable bonds is 9. The zero-order valence-corrected chi connectivity index (χ0v) is 25.1. The lowest BCUT2D eigenvalue weighted by atomic mass is 10.0. The van der Waals surface area contributed by atoms with E-state index in [-0.39, 0.29) is 0 Å². The number of anilines is 2. The minimum Gasteiger partial charge on any atom is -0.247 e. The summed E-state index contributed by atoms with van der Waals surface area (Å²) in [5, 5.41) is 2.20. The van der Waals surface area contributed by atoms with Crippen molar-refractivity contribution in [3.63, 3.8) is 0 Å². The van der Waals surface area contributed by atoms with Crippen molar-refractivity contribution in [1.82, 2.24) is 9.97 Å². The molecule has 8 heteroatoms. The molecule has 0 aliphatic carbocycles. The van der Waals surface area contributed by atoms with Crippen LogP contribution in [0.1, 0.15) is 22.3 Å². The molecular formula is C38H34N8. The molecule has 6 aromatic rings. The van der Waals surface area contributed by atoms with Gasteiger partial charge in [-0.15, -0.1) is 0 Å². The Morgan fingerprint density at radius 1 is 0.370 bits per heavy atom. The van der Waals surface area contributed by atoms with E-state index in [1.165, 1.54) is 0 Å². The second-order valence-electron chi connectivity index (χ2n) is 10.7. The Labute approximate surface area is 268 Å². The van der Waals surface area contributed by atoms with Gasteiger partial charge in [-0.3, -0.25) is 0 Å². The first-order valence-corrected chi connectivity index (χ1v) is 14.7. The van der Waals surface area contributed by atoms with Crippen LogP contribution in [-0.2, 0) is 0 Å². The smallest absolute Gasteiger partial charge is 0.0900 e. The maximum Gasteiger partial charge on any atom is 0.0900 e. The van der Waals surface area contributed by atoms with Crippen LogP contribution >= 0.6 is 0 Å². The van der Waals surface area contributed by atoms with Gasteiger partial charge in [0.15, 0.2) is 0 Å². The average Bonchev–Trinajstić information content (AvgIpc) is 3.10. The lowest BCUT2D eigenvalue weighted by Gasteiger charge is -2.11. The first kappa shape index (κ1) is 30.1. The van der Waals surface area contributed by atoms with Gasteiger partial charge in [-0.1, -0.05) is 109 Å². The number of nitrogens with zero attached hydrogens (tertiary/aromatic N) is 4. The Kier molecular flexibility index (Phi) is 9.05. The van der Waals surface area contributed by atoms with Gasteiger partial charge in [0.2, 0.25) is 0 Å². The van der Waals surface area contributed by atoms with Crippen LogP contribution in [0, 0.1) is 0 Å². The summed E-state index contributed by atoms with van der Waals surface area (Å²) < 4.78 is 0. The van der Waals surface area contributed by atoms with Crippen LogP contribution in [0.5, 0.6) is 0 Å². The fourth-order valence-corrected chi connectivity index (χ4v) is 4.97. The van der Waals surface area contributed by atoms with E-state index in [1.54, 1.807) is 0 Å². The Bertz CT molecular complexity index is 1820. The van der Waals surface area contributed by atoms with Crippen molar-refractivity contribution in [2.24, 2.45) is 23.4 Å². The number of benzene rings is 4. The molecule has 226 valence electrons. The summed E-state index contributed by atoms with van der Waals surface area (Å²) in [5.41, 5.74) is 10.7. The molecule has 0 unspecified atom stereocenters. The molecule has 0 radical (unpaired) electrons. The fraction of sp³-hybridized carbons (Fsp3) is 0. The number of aromatic nitrogens is 2. The molecular weight excluding hydrogens is 568 g/mol. The highest BCUT2D eigenvalue weighted by molar-refractivity contribution is 5.79. The molecule has 4 aromatic carbocycles. The minimum atomic E-state index is 0.721. The molecule has 0 bridgehead atoms. The Balaban J connectivity index is 1.43. The standard InChI is InChI=1S/C38H34N8/c39-45(40)33-19-15-27(16-20-33)11-13-29-23-35(31-7-3-1-4-8-31)43-37(25-29)38-26-30(24-36(44-38)32-9-5-2-6-10-32)14-12-28-17-21-34(22-18-28)46(41)42/h1-26H,39-42H2/b13-11+,14-12+. The van der Waals surface area contributed by atoms with Gasteiger partial charge in [0.1, 0.15) is 0 Å². The molecule has 0 atom stereocenters. The topological polar surface area (TPSA) is 136 Å². The van der Waals surface area contributed by atoms with Gasteiger partial charge in [0, 0.05) is 11.1 Å². The molecule has 0 fully saturated rings. The third-order valence-corrected chi connectivity index (χ3v) is 7.42. The van der Waals surface area contributed by atoms with Gasteiger partial charge in [0.25, 0.3) is 0 Å². The van der Waals surface area contributed by atoms with Crippen LogP contribution in [0.3, 0.4) is 0 Å². The Hall–Kier alpha value is -5.90. The second-order valence-corrected chi connectivity index (χ2v) is 10.7. The van der Waals surface area contributed by atoms with Crippen LogP contribution in [-0.4, -0.2) is 9.97 Å². The molecule has 0 aliphatic rings. The zero-order valence-electron chi connectivity index (χ0n) is 25.1. The number of hydrogen-bond acceptors (Lipinski definition) is 8. The van der Waals surface area contributed by atoms with E-state index < -0.39 is 0 Å². The summed E-state index contributed by atoms with van der Waals surface area (Å²) in [5.74, 6) is 22.6. The molecule has 8 N–H and O–H groups in total. The predicted octanol–water partition coefficient (Wildman–Crippen LogP) is 6.93. The molecule has 0 saturated heterocycles. The summed E-state index contributed by atoms with van der Waals surface area (Å²) in [4.78, 5) is 10.2. The molecule has 0 amide bonds. The van der Waals surface area contributed by atoms with E-state index in [0.717, 1.165) is 77.8 Å². The van der Waals surface area contributed by atoms with Crippen molar-refractivity contribution in [2.45, 2.75) is 0 Å². The van der Waals surface area contributed by atoms with Gasteiger partial charge in [-0.2, -0.15) is 0 Å². The monoisotopic (exact) mass is 602 g/mol. The minimum absolute atomic E-state index is 0.721. The Morgan fingerprint density at radius 2 is 0.696 bits per heavy atom. The van der Waals surface area contributed by atoms with Crippen LogP contribution in [0.2, 0.25) is 0 Å². The number of hydrazine groups is 4. The largest absolute Gasteiger partial charge is 0.247 e. The molecule has 2 aromatic heterocycles. The second kappa shape index (κ2) is 13.8. The van der Waals surface area contributed by atoms with E-state index in [0.29, 0.717) is 0 Å². The highest BCUT2D eigenvalue weighted by atomic mass is 15.6. The molecule has 0 saturated carbocycles. The van der Waals surface area contributed by atoms with Crippen molar-refractivity contribution in [1.29, 1.82) is 0 Å². The van der Waals surface area contributed by atoms with E-state index >= 15 is 0 Å². The fourth-order valence-electron chi connectivity index (χ4n) is 4.97.